The molecule has 0 aromatic heterocycles. The zero-order chi connectivity index (χ0) is 9.26. The number of rotatable bonds is 5. The van der Waals surface area contributed by atoms with Gasteiger partial charge in [0.15, 0.2) is 0 Å². The molecule has 72 valence electrons. The molecule has 0 bridgehead atoms. The summed E-state index contributed by atoms with van der Waals surface area (Å²) in [7, 11) is 0. The third-order valence-corrected chi connectivity index (χ3v) is 2.49. The topological polar surface area (TPSA) is 58.9 Å². The Balaban J connectivity index is 1.59. The van der Waals surface area contributed by atoms with Crippen LogP contribution in [0.5, 0.6) is 0 Å². The minimum Gasteiger partial charge on any atom is -0.481 e. The molecule has 13 heavy (non-hydrogen) atoms. The van der Waals surface area contributed by atoms with Crippen molar-refractivity contribution in [1.29, 1.82) is 0 Å². The van der Waals surface area contributed by atoms with Gasteiger partial charge in [0.25, 0.3) is 0 Å². The summed E-state index contributed by atoms with van der Waals surface area (Å²) < 4.78 is 0. The molecule has 4 nitrogen and oxygen atoms in total. The van der Waals surface area contributed by atoms with E-state index in [-0.39, 0.29) is 11.8 Å². The number of carbonyl (C=O) groups is 1. The van der Waals surface area contributed by atoms with Gasteiger partial charge in [-0.15, -0.1) is 0 Å². The van der Waals surface area contributed by atoms with Gasteiger partial charge in [-0.2, -0.15) is 0 Å². The Kier molecular flexibility index (Phi) is 2.20. The fourth-order valence-electron chi connectivity index (χ4n) is 1.22. The Morgan fingerprint density at radius 3 is 2.92 bits per heavy atom. The lowest BCUT2D eigenvalue weighted by atomic mass is 10.3. The van der Waals surface area contributed by atoms with Crippen LogP contribution in [0.3, 0.4) is 0 Å². The maximum absolute atomic E-state index is 10.4. The predicted octanol–water partition coefficient (Wildman–Crippen LogP) is 1.12. The van der Waals surface area contributed by atoms with Gasteiger partial charge in [-0.25, -0.2) is 0 Å². The average molecular weight is 183 g/mol. The highest BCUT2D eigenvalue weighted by atomic mass is 16.6. The Labute approximate surface area is 76.6 Å². The van der Waals surface area contributed by atoms with Gasteiger partial charge in [-0.1, -0.05) is 5.16 Å². The van der Waals surface area contributed by atoms with Gasteiger partial charge in [-0.3, -0.25) is 4.79 Å². The van der Waals surface area contributed by atoms with Gasteiger partial charge < -0.3 is 9.94 Å². The van der Waals surface area contributed by atoms with Crippen LogP contribution < -0.4 is 0 Å². The third-order valence-electron chi connectivity index (χ3n) is 2.49. The second kappa shape index (κ2) is 3.36. The van der Waals surface area contributed by atoms with Crippen molar-refractivity contribution >= 4 is 12.2 Å². The van der Waals surface area contributed by atoms with E-state index in [1.165, 1.54) is 12.8 Å². The molecule has 2 fully saturated rings. The number of carboxylic acid groups (broad SMARTS) is 1. The quantitative estimate of drug-likeness (QED) is 0.513. The Hall–Kier alpha value is -1.06. The Morgan fingerprint density at radius 2 is 2.38 bits per heavy atom. The third kappa shape index (κ3) is 2.44. The molecular weight excluding hydrogens is 170 g/mol. The number of nitrogens with zero attached hydrogens (tertiary/aromatic N) is 1. The summed E-state index contributed by atoms with van der Waals surface area (Å²) in [5.74, 6) is -0.129. The van der Waals surface area contributed by atoms with E-state index < -0.39 is 5.97 Å². The number of carboxylic acids is 1. The first-order valence-corrected chi connectivity index (χ1v) is 4.65. The minimum atomic E-state index is -0.723. The molecule has 0 aliphatic heterocycles. The molecular formula is C9H13NO3. The number of oxime groups is 1. The van der Waals surface area contributed by atoms with Crippen LogP contribution in [0.2, 0.25) is 0 Å². The van der Waals surface area contributed by atoms with Crippen molar-refractivity contribution in [3.05, 3.63) is 0 Å². The summed E-state index contributed by atoms with van der Waals surface area (Å²) in [6.45, 7) is 0.695. The molecule has 0 aromatic rings. The molecule has 2 saturated carbocycles. The van der Waals surface area contributed by atoms with Crippen LogP contribution in [0, 0.1) is 17.8 Å². The van der Waals surface area contributed by atoms with Crippen molar-refractivity contribution in [1.82, 2.24) is 0 Å². The summed E-state index contributed by atoms with van der Waals surface area (Å²) in [5.41, 5.74) is 0. The molecule has 0 spiro atoms. The molecule has 2 aliphatic rings. The van der Waals surface area contributed by atoms with Crippen LogP contribution in [-0.2, 0) is 9.63 Å². The first kappa shape index (κ1) is 8.53. The number of hydrogen-bond acceptors (Lipinski definition) is 3. The standard InChI is InChI=1S/C9H13NO3/c11-9(12)8-3-7(8)4-10-13-5-6-1-2-6/h4,6-8H,1-3,5H2,(H,11,12)/b10-4+. The molecule has 0 amide bonds. The van der Waals surface area contributed by atoms with Crippen molar-refractivity contribution in [3.8, 4) is 0 Å². The lowest BCUT2D eigenvalue weighted by molar-refractivity contribution is -0.138. The van der Waals surface area contributed by atoms with Crippen molar-refractivity contribution in [3.63, 3.8) is 0 Å². The molecule has 0 heterocycles. The monoisotopic (exact) mass is 183 g/mol. The minimum absolute atomic E-state index is 0.108. The number of aliphatic carboxylic acids is 1. The zero-order valence-corrected chi connectivity index (χ0v) is 7.35. The van der Waals surface area contributed by atoms with E-state index in [4.69, 9.17) is 9.94 Å². The van der Waals surface area contributed by atoms with E-state index in [1.54, 1.807) is 6.21 Å². The summed E-state index contributed by atoms with van der Waals surface area (Å²) >= 11 is 0. The molecule has 2 rings (SSSR count). The Bertz CT molecular complexity index is 235. The first-order chi connectivity index (χ1) is 6.27. The smallest absolute Gasteiger partial charge is 0.307 e. The fraction of sp³-hybridized carbons (Fsp3) is 0.778. The van der Waals surface area contributed by atoms with Crippen LogP contribution >= 0.6 is 0 Å². The maximum atomic E-state index is 10.4. The predicted molar refractivity (Wildman–Crippen MR) is 46.4 cm³/mol. The van der Waals surface area contributed by atoms with Gasteiger partial charge >= 0.3 is 5.97 Å². The summed E-state index contributed by atoms with van der Waals surface area (Å²) in [5, 5.41) is 12.3. The van der Waals surface area contributed by atoms with Gasteiger partial charge in [0.05, 0.1) is 5.92 Å². The highest BCUT2D eigenvalue weighted by molar-refractivity contribution is 5.81. The van der Waals surface area contributed by atoms with E-state index in [9.17, 15) is 4.79 Å². The highest BCUT2D eigenvalue weighted by Crippen LogP contribution is 2.36. The van der Waals surface area contributed by atoms with Gasteiger partial charge in [-0.05, 0) is 25.2 Å². The molecule has 0 aromatic carbocycles. The van der Waals surface area contributed by atoms with E-state index in [1.807, 2.05) is 0 Å². The van der Waals surface area contributed by atoms with Gasteiger partial charge in [0, 0.05) is 12.1 Å². The second-order valence-electron chi connectivity index (χ2n) is 3.84. The molecule has 1 N–H and O–H groups in total. The van der Waals surface area contributed by atoms with Crippen molar-refractivity contribution in [2.75, 3.05) is 6.61 Å². The van der Waals surface area contributed by atoms with Crippen LogP contribution in [0.15, 0.2) is 5.16 Å². The number of hydrogen-bond donors (Lipinski definition) is 1. The summed E-state index contributed by atoms with van der Waals surface area (Å²) in [4.78, 5) is 15.4. The second-order valence-corrected chi connectivity index (χ2v) is 3.84. The highest BCUT2D eigenvalue weighted by Gasteiger charge is 2.42. The Morgan fingerprint density at radius 1 is 1.62 bits per heavy atom. The zero-order valence-electron chi connectivity index (χ0n) is 7.35. The largest absolute Gasteiger partial charge is 0.481 e. The summed E-state index contributed by atoms with van der Waals surface area (Å²) in [6, 6.07) is 0. The molecule has 2 unspecified atom stereocenters. The maximum Gasteiger partial charge on any atom is 0.307 e. The lowest BCUT2D eigenvalue weighted by Gasteiger charge is -1.93. The lowest BCUT2D eigenvalue weighted by Crippen LogP contribution is -2.00. The van der Waals surface area contributed by atoms with E-state index >= 15 is 0 Å². The van der Waals surface area contributed by atoms with Gasteiger partial charge in [0.1, 0.15) is 6.61 Å². The molecule has 0 radical (unpaired) electrons. The average Bonchev–Trinajstić information content (AvgIpc) is 2.94. The normalized spacial score (nSPS) is 32.0. The van der Waals surface area contributed by atoms with E-state index in [0.29, 0.717) is 18.9 Å². The van der Waals surface area contributed by atoms with Crippen molar-refractivity contribution in [2.45, 2.75) is 19.3 Å². The van der Waals surface area contributed by atoms with E-state index in [0.717, 1.165) is 0 Å². The van der Waals surface area contributed by atoms with E-state index in [2.05, 4.69) is 5.16 Å². The van der Waals surface area contributed by atoms with Crippen molar-refractivity contribution in [2.24, 2.45) is 22.9 Å². The fourth-order valence-corrected chi connectivity index (χ4v) is 1.22. The molecule has 2 atom stereocenters. The van der Waals surface area contributed by atoms with Crippen LogP contribution in [-0.4, -0.2) is 23.9 Å². The SMILES string of the molecule is O=C(O)C1CC1/C=N/OCC1CC1. The van der Waals surface area contributed by atoms with Crippen LogP contribution in [0.4, 0.5) is 0 Å². The van der Waals surface area contributed by atoms with Crippen LogP contribution in [0.25, 0.3) is 0 Å². The molecule has 2 aliphatic carbocycles. The van der Waals surface area contributed by atoms with Crippen LogP contribution in [0.1, 0.15) is 19.3 Å². The molecule has 4 heteroatoms. The van der Waals surface area contributed by atoms with Gasteiger partial charge in [0.2, 0.25) is 0 Å². The van der Waals surface area contributed by atoms with Crippen molar-refractivity contribution < 1.29 is 14.7 Å². The first-order valence-electron chi connectivity index (χ1n) is 4.65. The summed E-state index contributed by atoms with van der Waals surface area (Å²) in [6.07, 6.45) is 4.83. The molecule has 0 saturated heterocycles.